The van der Waals surface area contributed by atoms with Crippen LogP contribution in [0.1, 0.15) is 40.7 Å². The Balaban J connectivity index is 1.30. The van der Waals surface area contributed by atoms with Gasteiger partial charge in [0, 0.05) is 17.8 Å². The van der Waals surface area contributed by atoms with Crippen LogP contribution in [0.15, 0.2) is 24.4 Å². The van der Waals surface area contributed by atoms with Crippen molar-refractivity contribution in [3.63, 3.8) is 0 Å². The molecule has 2 bridgehead atoms. The van der Waals surface area contributed by atoms with Gasteiger partial charge < -0.3 is 9.64 Å². The summed E-state index contributed by atoms with van der Waals surface area (Å²) in [5.74, 6) is -0.674. The number of rotatable bonds is 3. The van der Waals surface area contributed by atoms with E-state index in [1.165, 1.54) is 18.2 Å². The van der Waals surface area contributed by atoms with Gasteiger partial charge in [-0.1, -0.05) is 11.6 Å². The highest BCUT2D eigenvalue weighted by atomic mass is 35.5. The molecule has 1 amide bonds. The molecule has 0 spiro atoms. The summed E-state index contributed by atoms with van der Waals surface area (Å²) >= 11 is 6.15. The SMILES string of the molecule is Cc1c(Cl)cnc2c3c(nn12)CN(C(=O)c1ccc(F)cc1OC1(C)C2CC(F)C1N2C)C3. The van der Waals surface area contributed by atoms with E-state index >= 15 is 0 Å². The molecular formula is C23H22ClF2N5O2. The summed E-state index contributed by atoms with van der Waals surface area (Å²) in [7, 11) is 1.86. The van der Waals surface area contributed by atoms with E-state index in [1.54, 1.807) is 15.6 Å². The first kappa shape index (κ1) is 20.8. The van der Waals surface area contributed by atoms with Crippen molar-refractivity contribution in [2.24, 2.45) is 0 Å². The molecule has 4 aliphatic rings. The number of benzene rings is 1. The molecule has 4 unspecified atom stereocenters. The fourth-order valence-corrected chi connectivity index (χ4v) is 5.92. The molecule has 3 aromatic rings. The first-order valence-corrected chi connectivity index (χ1v) is 11.2. The smallest absolute Gasteiger partial charge is 0.258 e. The number of fused-ring (bicyclic) bond motifs is 4. The Labute approximate surface area is 193 Å². The zero-order valence-corrected chi connectivity index (χ0v) is 19.1. The summed E-state index contributed by atoms with van der Waals surface area (Å²) in [4.78, 5) is 21.4. The van der Waals surface area contributed by atoms with Gasteiger partial charge in [0.15, 0.2) is 5.65 Å². The number of aromatic nitrogens is 3. The molecule has 7 nitrogen and oxygen atoms in total. The topological polar surface area (TPSA) is 63.0 Å². The molecule has 3 aliphatic heterocycles. The number of halogens is 3. The van der Waals surface area contributed by atoms with Crippen LogP contribution in [0.25, 0.3) is 5.65 Å². The van der Waals surface area contributed by atoms with Crippen molar-refractivity contribution < 1.29 is 18.3 Å². The van der Waals surface area contributed by atoms with Crippen LogP contribution in [0, 0.1) is 12.7 Å². The molecule has 0 N–H and O–H groups in total. The third-order valence-electron chi connectivity index (χ3n) is 7.45. The molecule has 1 aromatic carbocycles. The highest BCUT2D eigenvalue weighted by Gasteiger charge is 2.68. The van der Waals surface area contributed by atoms with Crippen molar-refractivity contribution in [3.05, 3.63) is 57.8 Å². The number of aryl methyl sites for hydroxylation is 1. The van der Waals surface area contributed by atoms with Crippen LogP contribution in [0.3, 0.4) is 0 Å². The highest BCUT2D eigenvalue weighted by Crippen LogP contribution is 2.51. The van der Waals surface area contributed by atoms with Crippen molar-refractivity contribution in [2.75, 3.05) is 7.05 Å². The number of carbonyl (C=O) groups excluding carboxylic acids is 1. The van der Waals surface area contributed by atoms with E-state index in [9.17, 15) is 13.6 Å². The molecule has 0 radical (unpaired) electrons. The molecule has 1 saturated carbocycles. The summed E-state index contributed by atoms with van der Waals surface area (Å²) in [6.07, 6.45) is 0.939. The molecule has 2 aromatic heterocycles. The largest absolute Gasteiger partial charge is 0.483 e. The number of ether oxygens (including phenoxy) is 1. The maximum Gasteiger partial charge on any atom is 0.258 e. The van der Waals surface area contributed by atoms with E-state index in [0.717, 1.165) is 17.0 Å². The summed E-state index contributed by atoms with van der Waals surface area (Å²) in [6.45, 7) is 4.31. The number of hydrogen-bond acceptors (Lipinski definition) is 5. The van der Waals surface area contributed by atoms with Crippen molar-refractivity contribution >= 4 is 23.2 Å². The second kappa shape index (κ2) is 6.87. The fraction of sp³-hybridized carbons (Fsp3) is 0.435. The minimum absolute atomic E-state index is 0.116. The lowest BCUT2D eigenvalue weighted by Gasteiger charge is -2.53. The zero-order chi connectivity index (χ0) is 23.2. The quantitative estimate of drug-likeness (QED) is 0.582. The average Bonchev–Trinajstić information content (AvgIpc) is 3.48. The number of likely N-dealkylation sites (N-methyl/N-ethyl adjacent to an activating group) is 1. The first-order valence-electron chi connectivity index (χ1n) is 10.8. The van der Waals surface area contributed by atoms with Gasteiger partial charge >= 0.3 is 0 Å². The monoisotopic (exact) mass is 473 g/mol. The molecule has 3 fully saturated rings. The molecule has 33 heavy (non-hydrogen) atoms. The maximum absolute atomic E-state index is 14.4. The number of carbonyl (C=O) groups is 1. The minimum atomic E-state index is -1.01. The lowest BCUT2D eigenvalue weighted by atomic mass is 9.84. The van der Waals surface area contributed by atoms with Crippen molar-refractivity contribution in [3.8, 4) is 5.75 Å². The predicted octanol–water partition coefficient (Wildman–Crippen LogP) is 3.55. The third-order valence-corrected chi connectivity index (χ3v) is 7.83. The molecule has 7 rings (SSSR count). The lowest BCUT2D eigenvalue weighted by molar-refractivity contribution is -0.129. The predicted molar refractivity (Wildman–Crippen MR) is 117 cm³/mol. The van der Waals surface area contributed by atoms with Gasteiger partial charge in [0.25, 0.3) is 5.91 Å². The molecular weight excluding hydrogens is 452 g/mol. The van der Waals surface area contributed by atoms with E-state index in [1.807, 2.05) is 25.8 Å². The highest BCUT2D eigenvalue weighted by molar-refractivity contribution is 6.31. The standard InChI is InChI=1S/C23H22ClF2N5O2/c1-11-15(24)8-27-21-14-9-30(10-17(14)28-31(11)21)22(32)13-5-4-12(25)6-18(13)33-23(2)19-7-16(26)20(23)29(19)3/h4-6,8,16,19-20H,7,9-10H2,1-3H3. The molecule has 5 heterocycles. The van der Waals surface area contributed by atoms with E-state index in [0.29, 0.717) is 30.2 Å². The Kier molecular flexibility index (Phi) is 4.33. The number of nitrogens with zero attached hydrogens (tertiary/aromatic N) is 5. The summed E-state index contributed by atoms with van der Waals surface area (Å²) in [6, 6.07) is 3.35. The Hall–Kier alpha value is -2.78. The van der Waals surface area contributed by atoms with E-state index < -0.39 is 23.6 Å². The molecule has 10 heteroatoms. The average molecular weight is 474 g/mol. The van der Waals surface area contributed by atoms with Gasteiger partial charge in [-0.05, 0) is 39.4 Å². The second-order valence-electron chi connectivity index (χ2n) is 9.32. The van der Waals surface area contributed by atoms with Crippen LogP contribution < -0.4 is 4.74 Å². The van der Waals surface area contributed by atoms with E-state index in [4.69, 9.17) is 16.3 Å². The van der Waals surface area contributed by atoms with Crippen LogP contribution in [0.5, 0.6) is 5.75 Å². The van der Waals surface area contributed by atoms with Gasteiger partial charge in [-0.15, -0.1) is 0 Å². The maximum atomic E-state index is 14.4. The lowest BCUT2D eigenvalue weighted by Crippen LogP contribution is -2.71. The van der Waals surface area contributed by atoms with Gasteiger partial charge in [0.05, 0.1) is 47.1 Å². The number of alkyl halides is 1. The van der Waals surface area contributed by atoms with Gasteiger partial charge in [0.1, 0.15) is 23.3 Å². The number of hydrogen-bond donors (Lipinski definition) is 0. The van der Waals surface area contributed by atoms with Crippen LogP contribution >= 0.6 is 11.6 Å². The third kappa shape index (κ3) is 2.78. The molecule has 172 valence electrons. The molecule has 4 atom stereocenters. The van der Waals surface area contributed by atoms with Crippen LogP contribution in [0.4, 0.5) is 8.78 Å². The molecule has 2 saturated heterocycles. The van der Waals surface area contributed by atoms with Gasteiger partial charge in [0.2, 0.25) is 0 Å². The Morgan fingerprint density at radius 1 is 1.33 bits per heavy atom. The Morgan fingerprint density at radius 2 is 2.12 bits per heavy atom. The second-order valence-corrected chi connectivity index (χ2v) is 9.72. The first-order chi connectivity index (χ1) is 15.7. The van der Waals surface area contributed by atoms with E-state index in [-0.39, 0.29) is 23.3 Å². The van der Waals surface area contributed by atoms with Crippen molar-refractivity contribution in [1.82, 2.24) is 24.4 Å². The van der Waals surface area contributed by atoms with Crippen LogP contribution in [-0.4, -0.2) is 61.2 Å². The van der Waals surface area contributed by atoms with E-state index in [2.05, 4.69) is 10.1 Å². The normalized spacial score (nSPS) is 28.3. The summed E-state index contributed by atoms with van der Waals surface area (Å²) in [5, 5.41) is 5.10. The molecule has 1 aliphatic carbocycles. The minimum Gasteiger partial charge on any atom is -0.483 e. The van der Waals surface area contributed by atoms with Gasteiger partial charge in [-0.3, -0.25) is 9.69 Å². The fourth-order valence-electron chi connectivity index (χ4n) is 5.79. The van der Waals surface area contributed by atoms with Crippen molar-refractivity contribution in [2.45, 2.75) is 57.2 Å². The summed E-state index contributed by atoms with van der Waals surface area (Å²) < 4.78 is 36.4. The van der Waals surface area contributed by atoms with Crippen molar-refractivity contribution in [1.29, 1.82) is 0 Å². The summed E-state index contributed by atoms with van der Waals surface area (Å²) in [5.41, 5.74) is 2.48. The Morgan fingerprint density at radius 3 is 2.82 bits per heavy atom. The van der Waals surface area contributed by atoms with Gasteiger partial charge in [-0.2, -0.15) is 5.10 Å². The van der Waals surface area contributed by atoms with Crippen LogP contribution in [-0.2, 0) is 13.1 Å². The van der Waals surface area contributed by atoms with Crippen LogP contribution in [0.2, 0.25) is 5.02 Å². The van der Waals surface area contributed by atoms with Gasteiger partial charge in [-0.25, -0.2) is 18.3 Å². The Bertz CT molecular complexity index is 1330. The zero-order valence-electron chi connectivity index (χ0n) is 18.3. The number of amides is 1.